The average molecular weight is 335 g/mol. The van der Waals surface area contributed by atoms with Crippen molar-refractivity contribution in [3.63, 3.8) is 0 Å². The largest absolute Gasteiger partial charge is 0.464 e. The lowest BCUT2D eigenvalue weighted by Gasteiger charge is -2.07. The van der Waals surface area contributed by atoms with Gasteiger partial charge in [-0.3, -0.25) is 0 Å². The Balaban J connectivity index is 0.00000200. The second-order valence-corrected chi connectivity index (χ2v) is 3.66. The molecule has 0 saturated carbocycles. The molecule has 21 heavy (non-hydrogen) atoms. The molecule has 0 aliphatic rings. The van der Waals surface area contributed by atoms with Crippen LogP contribution >= 0.6 is 24.8 Å². The van der Waals surface area contributed by atoms with E-state index < -0.39 is 11.8 Å². The first-order valence-corrected chi connectivity index (χ1v) is 5.37. The highest BCUT2D eigenvalue weighted by Crippen LogP contribution is 2.25. The van der Waals surface area contributed by atoms with Crippen LogP contribution in [0.15, 0.2) is 36.5 Å². The first-order valence-electron chi connectivity index (χ1n) is 5.37. The Bertz CT molecular complexity index is 626. The minimum atomic E-state index is -0.594. The highest BCUT2D eigenvalue weighted by Gasteiger charge is 2.10. The van der Waals surface area contributed by atoms with Gasteiger partial charge >= 0.3 is 5.97 Å². The van der Waals surface area contributed by atoms with Crippen LogP contribution in [-0.2, 0) is 4.74 Å². The number of nitrogen functional groups attached to an aromatic ring is 1. The summed E-state index contributed by atoms with van der Waals surface area (Å²) in [5.74, 6) is -0.894. The van der Waals surface area contributed by atoms with Crippen LogP contribution in [0.5, 0.6) is 11.5 Å². The Labute approximate surface area is 133 Å². The molecular weight excluding hydrogens is 322 g/mol. The van der Waals surface area contributed by atoms with Gasteiger partial charge in [-0.15, -0.1) is 24.8 Å². The zero-order valence-corrected chi connectivity index (χ0v) is 12.5. The second-order valence-electron chi connectivity index (χ2n) is 3.66. The summed E-state index contributed by atoms with van der Waals surface area (Å²) in [6.45, 7) is 0. The number of ether oxygens (including phenoxy) is 2. The molecule has 0 aliphatic heterocycles. The third kappa shape index (κ3) is 4.77. The number of esters is 1. The van der Waals surface area contributed by atoms with Crippen molar-refractivity contribution < 1.29 is 18.7 Å². The summed E-state index contributed by atoms with van der Waals surface area (Å²) in [6.07, 6.45) is 1.37. The number of hydrogen-bond donors (Lipinski definition) is 1. The van der Waals surface area contributed by atoms with Crippen LogP contribution in [0, 0.1) is 5.82 Å². The normalized spacial score (nSPS) is 9.05. The lowest BCUT2D eigenvalue weighted by molar-refractivity contribution is 0.0593. The van der Waals surface area contributed by atoms with Gasteiger partial charge in [-0.25, -0.2) is 14.2 Å². The van der Waals surface area contributed by atoms with E-state index in [1.165, 1.54) is 37.6 Å². The van der Waals surface area contributed by atoms with Crippen LogP contribution < -0.4 is 10.5 Å². The standard InChI is InChI=1S/C13H11FN2O3.2ClH/c1-18-13(17)11-7-9(4-5-16-11)19-12-3-2-8(15)6-10(12)14;;/h2-7H,15H2,1H3;2*1H. The molecule has 0 radical (unpaired) electrons. The van der Waals surface area contributed by atoms with Gasteiger partial charge in [-0.2, -0.15) is 0 Å². The van der Waals surface area contributed by atoms with Crippen molar-refractivity contribution in [3.8, 4) is 11.5 Å². The third-order valence-corrected chi connectivity index (χ3v) is 2.31. The van der Waals surface area contributed by atoms with Crippen LogP contribution in [-0.4, -0.2) is 18.1 Å². The summed E-state index contributed by atoms with van der Waals surface area (Å²) in [6, 6.07) is 6.94. The van der Waals surface area contributed by atoms with E-state index in [9.17, 15) is 9.18 Å². The molecule has 2 N–H and O–H groups in total. The van der Waals surface area contributed by atoms with Gasteiger partial charge in [-0.05, 0) is 18.2 Å². The van der Waals surface area contributed by atoms with Gasteiger partial charge in [-0.1, -0.05) is 0 Å². The van der Waals surface area contributed by atoms with Crippen LogP contribution in [0.4, 0.5) is 10.1 Å². The number of rotatable bonds is 3. The fourth-order valence-corrected chi connectivity index (χ4v) is 1.42. The lowest BCUT2D eigenvalue weighted by atomic mass is 10.3. The molecule has 0 aliphatic carbocycles. The first-order chi connectivity index (χ1) is 9.10. The van der Waals surface area contributed by atoms with Gasteiger partial charge in [0, 0.05) is 24.0 Å². The molecule has 2 aromatic rings. The molecule has 0 bridgehead atoms. The number of halogens is 3. The highest BCUT2D eigenvalue weighted by atomic mass is 35.5. The van der Waals surface area contributed by atoms with Gasteiger partial charge in [0.25, 0.3) is 0 Å². The number of methoxy groups -OCH3 is 1. The van der Waals surface area contributed by atoms with Crippen molar-refractivity contribution in [2.75, 3.05) is 12.8 Å². The molecule has 2 rings (SSSR count). The van der Waals surface area contributed by atoms with Crippen molar-refractivity contribution >= 4 is 36.5 Å². The number of carbonyl (C=O) groups is 1. The zero-order chi connectivity index (χ0) is 13.8. The number of pyridine rings is 1. The average Bonchev–Trinajstić information content (AvgIpc) is 2.41. The molecule has 5 nitrogen and oxygen atoms in total. The van der Waals surface area contributed by atoms with E-state index >= 15 is 0 Å². The maximum Gasteiger partial charge on any atom is 0.356 e. The molecule has 0 atom stereocenters. The number of nitrogens with zero attached hydrogens (tertiary/aromatic N) is 1. The molecule has 1 aromatic heterocycles. The minimum absolute atomic E-state index is 0. The van der Waals surface area contributed by atoms with E-state index in [-0.39, 0.29) is 42.0 Å². The predicted octanol–water partition coefficient (Wildman–Crippen LogP) is 3.23. The molecule has 8 heteroatoms. The SMILES string of the molecule is COC(=O)c1cc(Oc2ccc(N)cc2F)ccn1.Cl.Cl. The van der Waals surface area contributed by atoms with Crippen LogP contribution in [0.3, 0.4) is 0 Å². The monoisotopic (exact) mass is 334 g/mol. The molecule has 114 valence electrons. The lowest BCUT2D eigenvalue weighted by Crippen LogP contribution is -2.04. The van der Waals surface area contributed by atoms with Gasteiger partial charge in [0.2, 0.25) is 0 Å². The number of benzene rings is 1. The van der Waals surface area contributed by atoms with Crippen molar-refractivity contribution in [1.82, 2.24) is 4.98 Å². The maximum absolute atomic E-state index is 13.5. The van der Waals surface area contributed by atoms with Crippen molar-refractivity contribution in [1.29, 1.82) is 0 Å². The van der Waals surface area contributed by atoms with Crippen molar-refractivity contribution in [2.24, 2.45) is 0 Å². The Kier molecular flexibility index (Phi) is 7.48. The number of nitrogens with two attached hydrogens (primary N) is 1. The van der Waals surface area contributed by atoms with E-state index in [1.54, 1.807) is 0 Å². The fraction of sp³-hybridized carbons (Fsp3) is 0.0769. The summed E-state index contributed by atoms with van der Waals surface area (Å²) < 4.78 is 23.4. The predicted molar refractivity (Wildman–Crippen MR) is 81.0 cm³/mol. The third-order valence-electron chi connectivity index (χ3n) is 2.31. The highest BCUT2D eigenvalue weighted by molar-refractivity contribution is 5.87. The number of carbonyl (C=O) groups excluding carboxylic acids is 1. The van der Waals surface area contributed by atoms with Crippen molar-refractivity contribution in [2.45, 2.75) is 0 Å². The summed E-state index contributed by atoms with van der Waals surface area (Å²) in [7, 11) is 1.25. The van der Waals surface area contributed by atoms with Crippen LogP contribution in [0.2, 0.25) is 0 Å². The summed E-state index contributed by atoms with van der Waals surface area (Å²) in [5.41, 5.74) is 5.82. The topological polar surface area (TPSA) is 74.4 Å². The van der Waals surface area contributed by atoms with E-state index in [4.69, 9.17) is 10.5 Å². The molecule has 0 spiro atoms. The van der Waals surface area contributed by atoms with E-state index in [0.29, 0.717) is 5.69 Å². The number of hydrogen-bond acceptors (Lipinski definition) is 5. The molecule has 0 saturated heterocycles. The summed E-state index contributed by atoms with van der Waals surface area (Å²) >= 11 is 0. The Morgan fingerprint density at radius 3 is 2.57 bits per heavy atom. The zero-order valence-electron chi connectivity index (χ0n) is 10.9. The molecule has 0 unspecified atom stereocenters. The van der Waals surface area contributed by atoms with E-state index in [1.807, 2.05) is 0 Å². The van der Waals surface area contributed by atoms with Gasteiger partial charge in [0.1, 0.15) is 5.75 Å². The van der Waals surface area contributed by atoms with Gasteiger partial charge in [0.15, 0.2) is 17.3 Å². The van der Waals surface area contributed by atoms with Crippen LogP contribution in [0.1, 0.15) is 10.5 Å². The van der Waals surface area contributed by atoms with Gasteiger partial charge in [0.05, 0.1) is 7.11 Å². The summed E-state index contributed by atoms with van der Waals surface area (Å²) in [4.78, 5) is 15.1. The number of anilines is 1. The minimum Gasteiger partial charge on any atom is -0.464 e. The van der Waals surface area contributed by atoms with Crippen molar-refractivity contribution in [3.05, 3.63) is 48.0 Å². The Morgan fingerprint density at radius 1 is 1.24 bits per heavy atom. The maximum atomic E-state index is 13.5. The van der Waals surface area contributed by atoms with Gasteiger partial charge < -0.3 is 15.2 Å². The molecule has 1 aromatic carbocycles. The summed E-state index contributed by atoms with van der Waals surface area (Å²) in [5, 5.41) is 0. The molecule has 1 heterocycles. The molecular formula is C13H13Cl2FN2O3. The second kappa shape index (κ2) is 8.28. The Hall–Kier alpha value is -2.05. The van der Waals surface area contributed by atoms with E-state index in [0.717, 1.165) is 6.07 Å². The molecule has 0 fully saturated rings. The number of aromatic nitrogens is 1. The van der Waals surface area contributed by atoms with Crippen LogP contribution in [0.25, 0.3) is 0 Å². The van der Waals surface area contributed by atoms with E-state index in [2.05, 4.69) is 9.72 Å². The smallest absolute Gasteiger partial charge is 0.356 e. The quantitative estimate of drug-likeness (QED) is 0.689. The molecule has 0 amide bonds. The fourth-order valence-electron chi connectivity index (χ4n) is 1.42. The Morgan fingerprint density at radius 2 is 1.95 bits per heavy atom. The first kappa shape index (κ1) is 18.9.